The number of hydrogen-bond acceptors (Lipinski definition) is 4. The molecule has 154 valence electrons. The van der Waals surface area contributed by atoms with Crippen molar-refractivity contribution in [1.82, 2.24) is 0 Å². The fourth-order valence-electron chi connectivity index (χ4n) is 4.63. The minimum absolute atomic E-state index is 0.123. The molecule has 4 nitrogen and oxygen atoms in total. The summed E-state index contributed by atoms with van der Waals surface area (Å²) < 4.78 is 12.0. The van der Waals surface area contributed by atoms with Crippen molar-refractivity contribution in [3.8, 4) is 5.75 Å². The normalized spacial score (nSPS) is 19.8. The maximum absolute atomic E-state index is 12.8. The van der Waals surface area contributed by atoms with Crippen LogP contribution in [-0.2, 0) is 14.3 Å². The van der Waals surface area contributed by atoms with Gasteiger partial charge in [-0.25, -0.2) is 0 Å². The van der Waals surface area contributed by atoms with Crippen LogP contribution in [0.15, 0.2) is 46.9 Å². The van der Waals surface area contributed by atoms with Crippen molar-refractivity contribution in [1.29, 1.82) is 0 Å². The van der Waals surface area contributed by atoms with Gasteiger partial charge in [-0.15, -0.1) is 0 Å². The van der Waals surface area contributed by atoms with Gasteiger partial charge in [0.2, 0.25) is 0 Å². The molecule has 0 aromatic heterocycles. The largest absolute Gasteiger partial charge is 0.494 e. The molecule has 1 heterocycles. The maximum Gasteiger partial charge on any atom is 0.163 e. The van der Waals surface area contributed by atoms with Gasteiger partial charge in [0.25, 0.3) is 0 Å². The molecule has 0 radical (unpaired) electrons. The summed E-state index contributed by atoms with van der Waals surface area (Å²) >= 11 is 0. The van der Waals surface area contributed by atoms with Crippen LogP contribution in [-0.4, -0.2) is 18.2 Å². The van der Waals surface area contributed by atoms with E-state index in [4.69, 9.17) is 9.47 Å². The second-order valence-corrected chi connectivity index (χ2v) is 8.24. The summed E-state index contributed by atoms with van der Waals surface area (Å²) in [5.41, 5.74) is 2.40. The topological polar surface area (TPSA) is 52.6 Å². The Morgan fingerprint density at radius 2 is 1.48 bits per heavy atom. The van der Waals surface area contributed by atoms with Gasteiger partial charge in [0, 0.05) is 42.7 Å². The second kappa shape index (κ2) is 8.98. The Bertz CT molecular complexity index is 802. The van der Waals surface area contributed by atoms with Gasteiger partial charge in [-0.05, 0) is 37.0 Å². The van der Waals surface area contributed by atoms with Gasteiger partial charge in [0.1, 0.15) is 17.3 Å². The Morgan fingerprint density at radius 1 is 0.862 bits per heavy atom. The van der Waals surface area contributed by atoms with Gasteiger partial charge in [-0.1, -0.05) is 38.3 Å². The summed E-state index contributed by atoms with van der Waals surface area (Å²) in [7, 11) is 0. The molecule has 29 heavy (non-hydrogen) atoms. The van der Waals surface area contributed by atoms with Crippen molar-refractivity contribution < 1.29 is 19.1 Å². The number of carbonyl (C=O) groups is 2. The average molecular weight is 395 g/mol. The molecule has 1 aliphatic heterocycles. The van der Waals surface area contributed by atoms with Crippen LogP contribution >= 0.6 is 0 Å². The van der Waals surface area contributed by atoms with E-state index in [2.05, 4.69) is 6.92 Å². The van der Waals surface area contributed by atoms with E-state index in [0.717, 1.165) is 61.5 Å². The zero-order chi connectivity index (χ0) is 20.2. The highest BCUT2D eigenvalue weighted by molar-refractivity contribution is 6.05. The number of ether oxygens (including phenoxy) is 2. The number of unbranched alkanes of at least 4 members (excludes halogenated alkanes) is 3. The van der Waals surface area contributed by atoms with Crippen molar-refractivity contribution in [2.24, 2.45) is 0 Å². The van der Waals surface area contributed by atoms with Crippen molar-refractivity contribution in [2.45, 2.75) is 77.0 Å². The molecule has 4 heteroatoms. The summed E-state index contributed by atoms with van der Waals surface area (Å²) in [4.78, 5) is 25.6. The van der Waals surface area contributed by atoms with Crippen molar-refractivity contribution in [2.75, 3.05) is 6.61 Å². The molecule has 1 aromatic rings. The molecule has 0 bridgehead atoms. The van der Waals surface area contributed by atoms with Crippen LogP contribution in [0.3, 0.4) is 0 Å². The smallest absolute Gasteiger partial charge is 0.163 e. The highest BCUT2D eigenvalue weighted by atomic mass is 16.5. The number of rotatable bonds is 7. The molecule has 0 amide bonds. The minimum atomic E-state index is -0.284. The van der Waals surface area contributed by atoms with E-state index in [1.807, 2.05) is 24.3 Å². The summed E-state index contributed by atoms with van der Waals surface area (Å²) in [6, 6.07) is 7.95. The molecule has 0 saturated heterocycles. The van der Waals surface area contributed by atoms with E-state index in [1.54, 1.807) is 0 Å². The van der Waals surface area contributed by atoms with Crippen LogP contribution < -0.4 is 4.74 Å². The predicted molar refractivity (Wildman–Crippen MR) is 112 cm³/mol. The summed E-state index contributed by atoms with van der Waals surface area (Å²) in [6.07, 6.45) is 8.99. The highest BCUT2D eigenvalue weighted by Gasteiger charge is 2.41. The fraction of sp³-hybridized carbons (Fsp3) is 0.520. The van der Waals surface area contributed by atoms with E-state index in [-0.39, 0.29) is 17.5 Å². The van der Waals surface area contributed by atoms with Crippen molar-refractivity contribution >= 4 is 11.6 Å². The van der Waals surface area contributed by atoms with Gasteiger partial charge in [-0.3, -0.25) is 9.59 Å². The van der Waals surface area contributed by atoms with Crippen molar-refractivity contribution in [3.05, 3.63) is 52.5 Å². The molecule has 0 saturated carbocycles. The van der Waals surface area contributed by atoms with Gasteiger partial charge in [0.05, 0.1) is 6.61 Å². The zero-order valence-corrected chi connectivity index (χ0v) is 17.3. The lowest BCUT2D eigenvalue weighted by Crippen LogP contribution is -2.30. The quantitative estimate of drug-likeness (QED) is 0.551. The Kier molecular flexibility index (Phi) is 6.17. The first-order valence-electron chi connectivity index (χ1n) is 11.1. The number of ketones is 2. The lowest BCUT2D eigenvalue weighted by Gasteiger charge is -2.36. The van der Waals surface area contributed by atoms with Crippen LogP contribution in [0, 0.1) is 0 Å². The number of allylic oxidation sites excluding steroid dienone is 4. The fourth-order valence-corrected chi connectivity index (χ4v) is 4.63. The van der Waals surface area contributed by atoms with Crippen LogP contribution in [0.5, 0.6) is 5.75 Å². The molecule has 4 rings (SSSR count). The van der Waals surface area contributed by atoms with E-state index in [0.29, 0.717) is 24.0 Å². The second-order valence-electron chi connectivity index (χ2n) is 8.24. The first-order chi connectivity index (χ1) is 14.2. The molecule has 2 aliphatic carbocycles. The monoisotopic (exact) mass is 394 g/mol. The average Bonchev–Trinajstić information content (AvgIpc) is 2.73. The van der Waals surface area contributed by atoms with Crippen LogP contribution in [0.4, 0.5) is 0 Å². The third-order valence-corrected chi connectivity index (χ3v) is 6.12. The Balaban J connectivity index is 1.59. The number of hydrogen-bond donors (Lipinski definition) is 0. The van der Waals surface area contributed by atoms with E-state index < -0.39 is 0 Å². The third-order valence-electron chi connectivity index (χ3n) is 6.12. The zero-order valence-electron chi connectivity index (χ0n) is 17.3. The van der Waals surface area contributed by atoms with Crippen LogP contribution in [0.1, 0.15) is 82.6 Å². The Labute approximate surface area is 173 Å². The van der Waals surface area contributed by atoms with Gasteiger partial charge in [-0.2, -0.15) is 0 Å². The Hall–Kier alpha value is -2.36. The lowest BCUT2D eigenvalue weighted by atomic mass is 9.73. The first-order valence-corrected chi connectivity index (χ1v) is 11.1. The number of Topliss-reactive ketones (excluding diaryl/α,β-unsaturated/α-hetero) is 2. The van der Waals surface area contributed by atoms with E-state index in [9.17, 15) is 9.59 Å². The molecule has 0 N–H and O–H groups in total. The first kappa shape index (κ1) is 19.9. The van der Waals surface area contributed by atoms with Crippen molar-refractivity contribution in [3.63, 3.8) is 0 Å². The number of benzene rings is 1. The summed E-state index contributed by atoms with van der Waals surface area (Å²) in [5.74, 6) is 2.38. The number of carbonyl (C=O) groups excluding carboxylic acids is 2. The molecular formula is C25H30O4. The molecule has 0 atom stereocenters. The molecule has 0 unspecified atom stereocenters. The lowest BCUT2D eigenvalue weighted by molar-refractivity contribution is -0.117. The molecule has 3 aliphatic rings. The molecule has 0 spiro atoms. The van der Waals surface area contributed by atoms with Gasteiger partial charge >= 0.3 is 0 Å². The van der Waals surface area contributed by atoms with Gasteiger partial charge in [0.15, 0.2) is 11.6 Å². The SMILES string of the molecule is CCCCCCOc1ccc(C2C3=C(CCCC3=O)OC3=C2C(=O)CCC3)cc1. The molecule has 1 aromatic carbocycles. The maximum atomic E-state index is 12.8. The molecular weight excluding hydrogens is 364 g/mol. The van der Waals surface area contributed by atoms with Crippen LogP contribution in [0.2, 0.25) is 0 Å². The van der Waals surface area contributed by atoms with E-state index >= 15 is 0 Å². The van der Waals surface area contributed by atoms with Crippen LogP contribution in [0.25, 0.3) is 0 Å². The predicted octanol–water partition coefficient (Wildman–Crippen LogP) is 5.77. The van der Waals surface area contributed by atoms with E-state index in [1.165, 1.54) is 19.3 Å². The van der Waals surface area contributed by atoms with Gasteiger partial charge < -0.3 is 9.47 Å². The Morgan fingerprint density at radius 3 is 2.07 bits per heavy atom. The standard InChI is InChI=1S/C25H30O4/c1-2-3-4-5-16-28-18-14-12-17(13-15-18)23-24-19(26)8-6-10-21(24)29-22-11-7-9-20(27)25(22)23/h12-15,23H,2-11,16H2,1H3. The highest BCUT2D eigenvalue weighted by Crippen LogP contribution is 2.47. The minimum Gasteiger partial charge on any atom is -0.494 e. The molecule has 0 fully saturated rings. The summed E-state index contributed by atoms with van der Waals surface area (Å²) in [6.45, 7) is 2.92. The summed E-state index contributed by atoms with van der Waals surface area (Å²) in [5, 5.41) is 0. The third kappa shape index (κ3) is 4.17.